The molecule has 0 unspecified atom stereocenters. The van der Waals surface area contributed by atoms with Gasteiger partial charge in [0.15, 0.2) is 0 Å². The minimum Gasteiger partial charge on any atom is -0.367 e. The molecule has 0 saturated carbocycles. The minimum atomic E-state index is -3.57. The standard InChI is InChI=1S/C24H25N5O3S/c1-16-2-7-23(26-13-16)28-19-8-10-29(11-9-19)33(31,32)20-5-3-17(4-6-20)18-12-21-22(25-14-18)15-27-24(21)30/h2-7,12-14,19H,8-11,15H2,1H3,(H,26,28)(H,27,30). The molecule has 0 radical (unpaired) electrons. The largest absolute Gasteiger partial charge is 0.367 e. The van der Waals surface area contributed by atoms with Crippen LogP contribution in [0.1, 0.15) is 34.5 Å². The van der Waals surface area contributed by atoms with Gasteiger partial charge in [-0.25, -0.2) is 13.4 Å². The van der Waals surface area contributed by atoms with Crippen molar-refractivity contribution in [2.24, 2.45) is 0 Å². The molecule has 170 valence electrons. The van der Waals surface area contributed by atoms with Crippen LogP contribution in [0.2, 0.25) is 0 Å². The summed E-state index contributed by atoms with van der Waals surface area (Å²) < 4.78 is 27.9. The van der Waals surface area contributed by atoms with E-state index >= 15 is 0 Å². The highest BCUT2D eigenvalue weighted by Gasteiger charge is 2.29. The van der Waals surface area contributed by atoms with Crippen LogP contribution in [0.4, 0.5) is 5.82 Å². The molecule has 0 atom stereocenters. The third-order valence-electron chi connectivity index (χ3n) is 6.17. The molecule has 2 aliphatic heterocycles. The smallest absolute Gasteiger partial charge is 0.253 e. The molecule has 1 aromatic carbocycles. The number of benzene rings is 1. The molecule has 2 aliphatic rings. The first-order chi connectivity index (χ1) is 15.9. The summed E-state index contributed by atoms with van der Waals surface area (Å²) in [5.41, 5.74) is 4.01. The summed E-state index contributed by atoms with van der Waals surface area (Å²) in [6.45, 7) is 3.35. The van der Waals surface area contributed by atoms with E-state index in [0.29, 0.717) is 25.2 Å². The first-order valence-corrected chi connectivity index (χ1v) is 12.4. The molecule has 9 heteroatoms. The Hall–Kier alpha value is -3.30. The third kappa shape index (κ3) is 4.34. The predicted octanol–water partition coefficient (Wildman–Crippen LogP) is 2.96. The fraction of sp³-hybridized carbons (Fsp3) is 0.292. The maximum atomic E-state index is 13.2. The van der Waals surface area contributed by atoms with Crippen LogP contribution < -0.4 is 10.6 Å². The number of aryl methyl sites for hydroxylation is 1. The molecule has 1 fully saturated rings. The van der Waals surface area contributed by atoms with Gasteiger partial charge in [0, 0.05) is 37.1 Å². The summed E-state index contributed by atoms with van der Waals surface area (Å²) in [6.07, 6.45) is 4.97. The van der Waals surface area contributed by atoms with E-state index in [1.165, 1.54) is 0 Å². The molecule has 2 aromatic heterocycles. The molecular formula is C24H25N5O3S. The second-order valence-electron chi connectivity index (χ2n) is 8.47. The second kappa shape index (κ2) is 8.57. The number of hydrogen-bond donors (Lipinski definition) is 2. The first-order valence-electron chi connectivity index (χ1n) is 11.0. The van der Waals surface area contributed by atoms with Gasteiger partial charge in [-0.15, -0.1) is 0 Å². The Labute approximate surface area is 193 Å². The quantitative estimate of drug-likeness (QED) is 0.603. The summed E-state index contributed by atoms with van der Waals surface area (Å²) in [5.74, 6) is 0.686. The molecule has 5 rings (SSSR count). The van der Waals surface area contributed by atoms with Crippen LogP contribution in [-0.4, -0.2) is 47.7 Å². The average Bonchev–Trinajstić information content (AvgIpc) is 3.21. The zero-order chi connectivity index (χ0) is 23.0. The fourth-order valence-electron chi connectivity index (χ4n) is 4.22. The van der Waals surface area contributed by atoms with E-state index in [2.05, 4.69) is 20.6 Å². The van der Waals surface area contributed by atoms with Gasteiger partial charge in [0.2, 0.25) is 10.0 Å². The van der Waals surface area contributed by atoms with Crippen molar-refractivity contribution in [1.82, 2.24) is 19.6 Å². The molecule has 2 N–H and O–H groups in total. The van der Waals surface area contributed by atoms with E-state index in [9.17, 15) is 13.2 Å². The van der Waals surface area contributed by atoms with Crippen molar-refractivity contribution >= 4 is 21.7 Å². The van der Waals surface area contributed by atoms with E-state index in [4.69, 9.17) is 0 Å². The lowest BCUT2D eigenvalue weighted by Crippen LogP contribution is -2.42. The van der Waals surface area contributed by atoms with Gasteiger partial charge in [0.25, 0.3) is 5.91 Å². The van der Waals surface area contributed by atoms with Gasteiger partial charge in [0.05, 0.1) is 22.7 Å². The van der Waals surface area contributed by atoms with E-state index in [1.807, 2.05) is 25.3 Å². The highest BCUT2D eigenvalue weighted by Crippen LogP contribution is 2.27. The molecule has 0 spiro atoms. The van der Waals surface area contributed by atoms with Crippen molar-refractivity contribution in [3.63, 3.8) is 0 Å². The Morgan fingerprint density at radius 2 is 1.76 bits per heavy atom. The molecule has 1 saturated heterocycles. The predicted molar refractivity (Wildman–Crippen MR) is 125 cm³/mol. The van der Waals surface area contributed by atoms with E-state index in [-0.39, 0.29) is 16.8 Å². The van der Waals surface area contributed by atoms with Gasteiger partial charge in [-0.2, -0.15) is 4.31 Å². The molecular weight excluding hydrogens is 438 g/mol. The van der Waals surface area contributed by atoms with Gasteiger partial charge >= 0.3 is 0 Å². The monoisotopic (exact) mass is 463 g/mol. The zero-order valence-electron chi connectivity index (χ0n) is 18.3. The van der Waals surface area contributed by atoms with Crippen LogP contribution in [0.3, 0.4) is 0 Å². The van der Waals surface area contributed by atoms with Crippen LogP contribution in [0.5, 0.6) is 0 Å². The number of carbonyl (C=O) groups excluding carboxylic acids is 1. The van der Waals surface area contributed by atoms with Crippen molar-refractivity contribution in [3.8, 4) is 11.1 Å². The third-order valence-corrected chi connectivity index (χ3v) is 8.09. The molecule has 0 bridgehead atoms. The van der Waals surface area contributed by atoms with Crippen molar-refractivity contribution < 1.29 is 13.2 Å². The number of anilines is 1. The van der Waals surface area contributed by atoms with E-state index in [0.717, 1.165) is 41.0 Å². The van der Waals surface area contributed by atoms with E-state index < -0.39 is 10.0 Å². The van der Waals surface area contributed by atoms with Crippen molar-refractivity contribution in [2.75, 3.05) is 18.4 Å². The van der Waals surface area contributed by atoms with Crippen LogP contribution in [0, 0.1) is 6.92 Å². The fourth-order valence-corrected chi connectivity index (χ4v) is 5.69. The van der Waals surface area contributed by atoms with Crippen molar-refractivity contribution in [1.29, 1.82) is 0 Å². The SMILES string of the molecule is Cc1ccc(NC2CCN(S(=O)(=O)c3ccc(-c4cnc5c(c4)C(=O)NC5)cc3)CC2)nc1. The number of sulfonamides is 1. The molecule has 4 heterocycles. The Kier molecular flexibility index (Phi) is 5.59. The maximum Gasteiger partial charge on any atom is 0.253 e. The molecule has 3 aromatic rings. The molecule has 8 nitrogen and oxygen atoms in total. The number of amides is 1. The summed E-state index contributed by atoms with van der Waals surface area (Å²) in [4.78, 5) is 20.9. The lowest BCUT2D eigenvalue weighted by molar-refractivity contribution is 0.0965. The number of nitrogens with zero attached hydrogens (tertiary/aromatic N) is 3. The second-order valence-corrected chi connectivity index (χ2v) is 10.4. The topological polar surface area (TPSA) is 104 Å². The number of nitrogens with one attached hydrogen (secondary N) is 2. The van der Waals surface area contributed by atoms with Gasteiger partial charge < -0.3 is 10.6 Å². The minimum absolute atomic E-state index is 0.130. The highest BCUT2D eigenvalue weighted by molar-refractivity contribution is 7.89. The zero-order valence-corrected chi connectivity index (χ0v) is 19.1. The Morgan fingerprint density at radius 1 is 1.00 bits per heavy atom. The first kappa shape index (κ1) is 21.5. The number of rotatable bonds is 5. The normalized spacial score (nSPS) is 16.9. The summed E-state index contributed by atoms with van der Waals surface area (Å²) in [6, 6.07) is 12.7. The number of hydrogen-bond acceptors (Lipinski definition) is 6. The Bertz CT molecular complexity index is 1280. The van der Waals surface area contributed by atoms with Crippen LogP contribution in [-0.2, 0) is 16.6 Å². The molecule has 0 aliphatic carbocycles. The lowest BCUT2D eigenvalue weighted by atomic mass is 10.1. The van der Waals surface area contributed by atoms with Gasteiger partial charge in [-0.3, -0.25) is 9.78 Å². The lowest BCUT2D eigenvalue weighted by Gasteiger charge is -2.32. The summed E-state index contributed by atoms with van der Waals surface area (Å²) >= 11 is 0. The molecule has 1 amide bonds. The van der Waals surface area contributed by atoms with E-state index in [1.54, 1.807) is 40.8 Å². The van der Waals surface area contributed by atoms with Crippen LogP contribution >= 0.6 is 0 Å². The van der Waals surface area contributed by atoms with Crippen LogP contribution in [0.15, 0.2) is 59.8 Å². The maximum absolute atomic E-state index is 13.2. The molecule has 33 heavy (non-hydrogen) atoms. The highest BCUT2D eigenvalue weighted by atomic mass is 32.2. The van der Waals surface area contributed by atoms with Crippen molar-refractivity contribution in [2.45, 2.75) is 37.2 Å². The van der Waals surface area contributed by atoms with Gasteiger partial charge in [0.1, 0.15) is 5.82 Å². The number of piperidine rings is 1. The van der Waals surface area contributed by atoms with Crippen LogP contribution in [0.25, 0.3) is 11.1 Å². The Morgan fingerprint density at radius 3 is 2.45 bits per heavy atom. The number of carbonyl (C=O) groups is 1. The summed E-state index contributed by atoms with van der Waals surface area (Å²) in [7, 11) is -3.57. The number of fused-ring (bicyclic) bond motifs is 1. The van der Waals surface area contributed by atoms with Crippen molar-refractivity contribution in [3.05, 3.63) is 71.7 Å². The van der Waals surface area contributed by atoms with Gasteiger partial charge in [-0.1, -0.05) is 18.2 Å². The number of pyridine rings is 2. The summed E-state index contributed by atoms with van der Waals surface area (Å²) in [5, 5.41) is 6.15. The number of aromatic nitrogens is 2. The average molecular weight is 464 g/mol. The Balaban J connectivity index is 1.25. The van der Waals surface area contributed by atoms with Gasteiger partial charge in [-0.05, 0) is 55.2 Å².